The third kappa shape index (κ3) is 4.67. The summed E-state index contributed by atoms with van der Waals surface area (Å²) >= 11 is 0. The van der Waals surface area contributed by atoms with Gasteiger partial charge in [-0.1, -0.05) is 12.1 Å². The molecule has 0 aliphatic carbocycles. The summed E-state index contributed by atoms with van der Waals surface area (Å²) < 4.78 is 25.7. The van der Waals surface area contributed by atoms with Crippen molar-refractivity contribution in [2.75, 3.05) is 19.5 Å². The maximum atomic E-state index is 13.3. The minimum absolute atomic E-state index is 0.173. The zero-order valence-corrected chi connectivity index (χ0v) is 15.2. The van der Waals surface area contributed by atoms with Gasteiger partial charge < -0.3 is 19.4 Å². The molecule has 0 aliphatic heterocycles. The number of amides is 1. The van der Waals surface area contributed by atoms with Gasteiger partial charge in [-0.15, -0.1) is 0 Å². The molecule has 140 valence electrons. The lowest BCUT2D eigenvalue weighted by atomic mass is 10.0. The van der Waals surface area contributed by atoms with Crippen LogP contribution < -0.4 is 14.8 Å². The molecule has 0 aliphatic rings. The van der Waals surface area contributed by atoms with Crippen LogP contribution in [0.1, 0.15) is 18.0 Å². The molecule has 0 fully saturated rings. The van der Waals surface area contributed by atoms with Crippen LogP contribution in [0.2, 0.25) is 0 Å². The number of hydrogen-bond donors (Lipinski definition) is 1. The molecular formula is C21H21FN2O3. The van der Waals surface area contributed by atoms with E-state index in [9.17, 15) is 9.18 Å². The normalized spacial score (nSPS) is 11.7. The first-order valence-corrected chi connectivity index (χ1v) is 8.50. The van der Waals surface area contributed by atoms with Crippen molar-refractivity contribution in [1.29, 1.82) is 0 Å². The number of ether oxygens (including phenoxy) is 2. The van der Waals surface area contributed by atoms with E-state index in [1.54, 1.807) is 44.6 Å². The average molecular weight is 368 g/mol. The van der Waals surface area contributed by atoms with Crippen LogP contribution in [0.5, 0.6) is 11.5 Å². The van der Waals surface area contributed by atoms with Crippen molar-refractivity contribution in [2.45, 2.75) is 12.5 Å². The number of nitrogens with one attached hydrogen (secondary N) is 1. The van der Waals surface area contributed by atoms with Gasteiger partial charge in [0.1, 0.15) is 17.3 Å². The molecule has 1 atom stereocenters. The molecule has 0 spiro atoms. The molecular weight excluding hydrogens is 347 g/mol. The summed E-state index contributed by atoms with van der Waals surface area (Å²) in [6.07, 6.45) is 3.96. The maximum absolute atomic E-state index is 13.3. The van der Waals surface area contributed by atoms with Crippen LogP contribution in [-0.4, -0.2) is 24.7 Å². The number of rotatable bonds is 7. The molecule has 2 aromatic carbocycles. The summed E-state index contributed by atoms with van der Waals surface area (Å²) in [5.41, 5.74) is 1.44. The summed E-state index contributed by atoms with van der Waals surface area (Å²) in [5, 5.41) is 2.88. The van der Waals surface area contributed by atoms with Crippen molar-refractivity contribution >= 4 is 11.6 Å². The second-order valence-electron chi connectivity index (χ2n) is 6.05. The van der Waals surface area contributed by atoms with E-state index in [-0.39, 0.29) is 24.2 Å². The third-order valence-corrected chi connectivity index (χ3v) is 4.26. The van der Waals surface area contributed by atoms with Crippen LogP contribution in [0.25, 0.3) is 0 Å². The quantitative estimate of drug-likeness (QED) is 0.678. The van der Waals surface area contributed by atoms with Crippen molar-refractivity contribution in [3.63, 3.8) is 0 Å². The van der Waals surface area contributed by atoms with Gasteiger partial charge in [-0.2, -0.15) is 0 Å². The summed E-state index contributed by atoms with van der Waals surface area (Å²) in [6.45, 7) is 0. The number of aromatic nitrogens is 1. The van der Waals surface area contributed by atoms with Gasteiger partial charge in [0.2, 0.25) is 5.91 Å². The number of nitrogens with zero attached hydrogens (tertiary/aromatic N) is 1. The van der Waals surface area contributed by atoms with Crippen molar-refractivity contribution in [3.8, 4) is 11.5 Å². The van der Waals surface area contributed by atoms with E-state index in [1.807, 2.05) is 29.1 Å². The molecule has 0 saturated heterocycles. The summed E-state index contributed by atoms with van der Waals surface area (Å²) in [5.74, 6) is 0.696. The predicted octanol–water partition coefficient (Wildman–Crippen LogP) is 4.26. The van der Waals surface area contributed by atoms with Crippen molar-refractivity contribution < 1.29 is 18.7 Å². The highest BCUT2D eigenvalue weighted by molar-refractivity contribution is 5.91. The molecule has 0 unspecified atom stereocenters. The first-order valence-electron chi connectivity index (χ1n) is 8.50. The van der Waals surface area contributed by atoms with E-state index in [4.69, 9.17) is 9.47 Å². The molecule has 0 saturated carbocycles. The molecule has 1 amide bonds. The number of halogens is 1. The smallest absolute Gasteiger partial charge is 0.226 e. The molecule has 3 aromatic rings. The largest absolute Gasteiger partial charge is 0.497 e. The number of anilines is 1. The van der Waals surface area contributed by atoms with Gasteiger partial charge >= 0.3 is 0 Å². The molecule has 0 radical (unpaired) electrons. The van der Waals surface area contributed by atoms with E-state index in [0.29, 0.717) is 17.2 Å². The number of hydrogen-bond acceptors (Lipinski definition) is 3. The van der Waals surface area contributed by atoms with Gasteiger partial charge in [-0.05, 0) is 29.8 Å². The minimum atomic E-state index is -0.307. The average Bonchev–Trinajstić information content (AvgIpc) is 3.21. The minimum Gasteiger partial charge on any atom is -0.497 e. The van der Waals surface area contributed by atoms with Crippen LogP contribution in [0, 0.1) is 5.82 Å². The lowest BCUT2D eigenvalue weighted by molar-refractivity contribution is -0.116. The summed E-state index contributed by atoms with van der Waals surface area (Å²) in [7, 11) is 3.11. The van der Waals surface area contributed by atoms with Gasteiger partial charge in [-0.25, -0.2) is 4.39 Å². The Bertz CT molecular complexity index is 870. The zero-order valence-electron chi connectivity index (χ0n) is 15.2. The second kappa shape index (κ2) is 8.40. The molecule has 5 nitrogen and oxygen atoms in total. The lowest BCUT2D eigenvalue weighted by Crippen LogP contribution is -2.19. The molecule has 27 heavy (non-hydrogen) atoms. The number of carbonyl (C=O) groups excluding carboxylic acids is 1. The van der Waals surface area contributed by atoms with E-state index in [0.717, 1.165) is 5.56 Å². The van der Waals surface area contributed by atoms with Crippen LogP contribution in [0.3, 0.4) is 0 Å². The van der Waals surface area contributed by atoms with Crippen LogP contribution in [0.15, 0.2) is 67.0 Å². The Hall–Kier alpha value is -3.28. The molecule has 6 heteroatoms. The Balaban J connectivity index is 1.80. The molecule has 0 bridgehead atoms. The SMILES string of the molecule is COc1cc(NC(=O)C[C@H](c2ccc(F)cc2)n2cccc2)cc(OC)c1. The highest BCUT2D eigenvalue weighted by Crippen LogP contribution is 2.27. The zero-order chi connectivity index (χ0) is 19.2. The highest BCUT2D eigenvalue weighted by atomic mass is 19.1. The van der Waals surface area contributed by atoms with Crippen molar-refractivity contribution in [1.82, 2.24) is 4.57 Å². The standard InChI is InChI=1S/C21H21FN2O3/c1-26-18-11-17(12-19(13-18)27-2)23-21(25)14-20(24-9-3-4-10-24)15-5-7-16(22)8-6-15/h3-13,20H,14H2,1-2H3,(H,23,25)/t20-/m1/s1. The van der Waals surface area contributed by atoms with Crippen LogP contribution >= 0.6 is 0 Å². The Morgan fingerprint density at radius 1 is 1.04 bits per heavy atom. The second-order valence-corrected chi connectivity index (χ2v) is 6.05. The van der Waals surface area contributed by atoms with E-state index >= 15 is 0 Å². The Morgan fingerprint density at radius 3 is 2.19 bits per heavy atom. The molecule has 3 rings (SSSR count). The van der Waals surface area contributed by atoms with E-state index < -0.39 is 0 Å². The first-order chi connectivity index (χ1) is 13.1. The molecule has 1 N–H and O–H groups in total. The fourth-order valence-electron chi connectivity index (χ4n) is 2.90. The van der Waals surface area contributed by atoms with Gasteiger partial charge in [0.05, 0.1) is 26.7 Å². The van der Waals surface area contributed by atoms with Crippen molar-refractivity contribution in [2.24, 2.45) is 0 Å². The van der Waals surface area contributed by atoms with Gasteiger partial charge in [0.15, 0.2) is 0 Å². The fraction of sp³-hybridized carbons (Fsp3) is 0.190. The van der Waals surface area contributed by atoms with Gasteiger partial charge in [0.25, 0.3) is 0 Å². The fourth-order valence-corrected chi connectivity index (χ4v) is 2.90. The topological polar surface area (TPSA) is 52.5 Å². The Labute approximate surface area is 157 Å². The monoisotopic (exact) mass is 368 g/mol. The first kappa shape index (κ1) is 18.5. The molecule has 1 heterocycles. The maximum Gasteiger partial charge on any atom is 0.226 e. The van der Waals surface area contributed by atoms with E-state index in [2.05, 4.69) is 5.32 Å². The lowest BCUT2D eigenvalue weighted by Gasteiger charge is -2.19. The number of benzene rings is 2. The van der Waals surface area contributed by atoms with Gasteiger partial charge in [0, 0.05) is 36.3 Å². The summed E-state index contributed by atoms with van der Waals surface area (Å²) in [4.78, 5) is 12.7. The summed E-state index contributed by atoms with van der Waals surface area (Å²) in [6, 6.07) is 14.9. The Morgan fingerprint density at radius 2 is 1.63 bits per heavy atom. The molecule has 1 aromatic heterocycles. The Kier molecular flexibility index (Phi) is 5.76. The predicted molar refractivity (Wildman–Crippen MR) is 102 cm³/mol. The number of carbonyl (C=O) groups is 1. The van der Waals surface area contributed by atoms with Crippen molar-refractivity contribution in [3.05, 3.63) is 78.4 Å². The van der Waals surface area contributed by atoms with E-state index in [1.165, 1.54) is 12.1 Å². The van der Waals surface area contributed by atoms with Gasteiger partial charge in [-0.3, -0.25) is 4.79 Å². The van der Waals surface area contributed by atoms with Crippen LogP contribution in [0.4, 0.5) is 10.1 Å². The number of methoxy groups -OCH3 is 2. The van der Waals surface area contributed by atoms with Crippen LogP contribution in [-0.2, 0) is 4.79 Å². The highest BCUT2D eigenvalue weighted by Gasteiger charge is 2.18. The third-order valence-electron chi connectivity index (χ3n) is 4.26.